The molecule has 0 amide bonds. The highest BCUT2D eigenvalue weighted by molar-refractivity contribution is 7.99. The van der Waals surface area contributed by atoms with Gasteiger partial charge < -0.3 is 4.57 Å². The van der Waals surface area contributed by atoms with Crippen LogP contribution in [-0.2, 0) is 6.54 Å². The highest BCUT2D eigenvalue weighted by Crippen LogP contribution is 2.32. The van der Waals surface area contributed by atoms with E-state index in [1.165, 1.54) is 32.4 Å². The number of benzene rings is 6. The molecule has 6 aromatic carbocycles. The van der Waals surface area contributed by atoms with Gasteiger partial charge in [0, 0.05) is 60.4 Å². The highest BCUT2D eigenvalue weighted by Gasteiger charge is 2.15. The van der Waals surface area contributed by atoms with Crippen molar-refractivity contribution < 1.29 is 9.59 Å². The summed E-state index contributed by atoms with van der Waals surface area (Å²) >= 11 is 1.70. The van der Waals surface area contributed by atoms with Gasteiger partial charge in [-0.1, -0.05) is 95.7 Å². The molecule has 0 unspecified atom stereocenters. The fourth-order valence-electron chi connectivity index (χ4n) is 5.86. The minimum atomic E-state index is 0.0625. The van der Waals surface area contributed by atoms with Crippen LogP contribution in [0.4, 0.5) is 0 Å². The van der Waals surface area contributed by atoms with Crippen molar-refractivity contribution in [1.82, 2.24) is 4.57 Å². The van der Waals surface area contributed by atoms with E-state index in [2.05, 4.69) is 79.9 Å². The summed E-state index contributed by atoms with van der Waals surface area (Å²) in [6.07, 6.45) is 0. The van der Waals surface area contributed by atoms with Crippen molar-refractivity contribution in [2.24, 2.45) is 0 Å². The van der Waals surface area contributed by atoms with Gasteiger partial charge in [-0.3, -0.25) is 9.59 Å². The number of carbonyl (C=O) groups is 2. The molecule has 0 aliphatic heterocycles. The SMILES string of the molecule is CCn1c2ccc(C)cc2c2cc(C(=O)c3ccccc3C)ccc21.Cc1ccc(Sc2ccc(C(=O)c3ccccc3)cc2)cc1. The van der Waals surface area contributed by atoms with E-state index in [1.807, 2.05) is 91.9 Å². The van der Waals surface area contributed by atoms with E-state index in [1.54, 1.807) is 11.8 Å². The number of hydrogen-bond donors (Lipinski definition) is 0. The summed E-state index contributed by atoms with van der Waals surface area (Å²) in [7, 11) is 0. The number of rotatable bonds is 7. The zero-order valence-electron chi connectivity index (χ0n) is 27.2. The van der Waals surface area contributed by atoms with Crippen molar-refractivity contribution in [3.63, 3.8) is 0 Å². The van der Waals surface area contributed by atoms with Crippen LogP contribution in [0.25, 0.3) is 21.8 Å². The molecule has 7 aromatic rings. The van der Waals surface area contributed by atoms with Gasteiger partial charge in [0.25, 0.3) is 0 Å². The monoisotopic (exact) mass is 631 g/mol. The van der Waals surface area contributed by atoms with Gasteiger partial charge in [0.1, 0.15) is 0 Å². The Balaban J connectivity index is 0.000000166. The van der Waals surface area contributed by atoms with E-state index in [0.29, 0.717) is 0 Å². The van der Waals surface area contributed by atoms with Crippen molar-refractivity contribution >= 4 is 45.1 Å². The maximum Gasteiger partial charge on any atom is 0.193 e. The molecule has 0 aliphatic rings. The molecule has 0 spiro atoms. The van der Waals surface area contributed by atoms with Crippen molar-refractivity contribution in [1.29, 1.82) is 0 Å². The third-order valence-corrected chi connectivity index (χ3v) is 9.41. The first-order valence-corrected chi connectivity index (χ1v) is 16.7. The lowest BCUT2D eigenvalue weighted by Crippen LogP contribution is -2.03. The zero-order chi connectivity index (χ0) is 32.9. The third-order valence-electron chi connectivity index (χ3n) is 8.40. The summed E-state index contributed by atoms with van der Waals surface area (Å²) in [6.45, 7) is 9.24. The van der Waals surface area contributed by atoms with Crippen LogP contribution in [0.15, 0.2) is 149 Å². The lowest BCUT2D eigenvalue weighted by Gasteiger charge is -2.06. The topological polar surface area (TPSA) is 39.1 Å². The summed E-state index contributed by atoms with van der Waals surface area (Å²) in [6, 6.07) is 46.0. The lowest BCUT2D eigenvalue weighted by atomic mass is 9.98. The van der Waals surface area contributed by atoms with Gasteiger partial charge in [-0.25, -0.2) is 0 Å². The Morgan fingerprint density at radius 3 is 1.72 bits per heavy atom. The van der Waals surface area contributed by atoms with Crippen molar-refractivity contribution in [3.05, 3.63) is 178 Å². The van der Waals surface area contributed by atoms with Gasteiger partial charge in [-0.2, -0.15) is 0 Å². The first-order chi connectivity index (χ1) is 22.8. The summed E-state index contributed by atoms with van der Waals surface area (Å²) in [5.41, 5.74) is 8.88. The predicted octanol–water partition coefficient (Wildman–Crippen LogP) is 11.0. The number of aryl methyl sites for hydroxylation is 4. The van der Waals surface area contributed by atoms with E-state index in [9.17, 15) is 9.59 Å². The predicted molar refractivity (Wildman–Crippen MR) is 196 cm³/mol. The average Bonchev–Trinajstić information content (AvgIpc) is 3.42. The Labute approximate surface area is 280 Å². The first-order valence-electron chi connectivity index (χ1n) is 15.9. The van der Waals surface area contributed by atoms with Crippen LogP contribution < -0.4 is 0 Å². The smallest absolute Gasteiger partial charge is 0.193 e. The van der Waals surface area contributed by atoms with Gasteiger partial charge in [-0.05, 0) is 100.0 Å². The van der Waals surface area contributed by atoms with Gasteiger partial charge >= 0.3 is 0 Å². The van der Waals surface area contributed by atoms with E-state index >= 15 is 0 Å². The molecular formula is C43H37NO2S. The Hall–Kier alpha value is -5.19. The molecule has 0 N–H and O–H groups in total. The fourth-order valence-corrected chi connectivity index (χ4v) is 6.67. The Kier molecular flexibility index (Phi) is 9.51. The second-order valence-electron chi connectivity index (χ2n) is 11.8. The molecule has 1 aromatic heterocycles. The molecule has 0 saturated carbocycles. The second kappa shape index (κ2) is 14.1. The van der Waals surface area contributed by atoms with E-state index in [4.69, 9.17) is 0 Å². The van der Waals surface area contributed by atoms with Crippen LogP contribution in [-0.4, -0.2) is 16.1 Å². The maximum atomic E-state index is 13.0. The second-order valence-corrected chi connectivity index (χ2v) is 12.9. The largest absolute Gasteiger partial charge is 0.341 e. The number of fused-ring (bicyclic) bond motifs is 3. The van der Waals surface area contributed by atoms with Crippen LogP contribution in [0.5, 0.6) is 0 Å². The van der Waals surface area contributed by atoms with Crippen LogP contribution in [0.3, 0.4) is 0 Å². The van der Waals surface area contributed by atoms with E-state index < -0.39 is 0 Å². The fraction of sp³-hybridized carbons (Fsp3) is 0.116. The number of nitrogens with zero attached hydrogens (tertiary/aromatic N) is 1. The highest BCUT2D eigenvalue weighted by atomic mass is 32.2. The molecule has 0 bridgehead atoms. The summed E-state index contributed by atoms with van der Waals surface area (Å²) < 4.78 is 2.31. The maximum absolute atomic E-state index is 13.0. The van der Waals surface area contributed by atoms with E-state index in [0.717, 1.165) is 44.6 Å². The van der Waals surface area contributed by atoms with Crippen LogP contribution in [0.1, 0.15) is 55.5 Å². The van der Waals surface area contributed by atoms with Crippen LogP contribution in [0.2, 0.25) is 0 Å². The van der Waals surface area contributed by atoms with Crippen molar-refractivity contribution in [3.8, 4) is 0 Å². The van der Waals surface area contributed by atoms with Gasteiger partial charge in [0.15, 0.2) is 11.6 Å². The number of ketones is 2. The molecule has 1 heterocycles. The van der Waals surface area contributed by atoms with Crippen LogP contribution >= 0.6 is 11.8 Å². The molecule has 232 valence electrons. The summed E-state index contributed by atoms with van der Waals surface area (Å²) in [4.78, 5) is 27.7. The third kappa shape index (κ3) is 6.98. The molecule has 0 fully saturated rings. The number of hydrogen-bond acceptors (Lipinski definition) is 3. The summed E-state index contributed by atoms with van der Waals surface area (Å²) in [5.74, 6) is 0.150. The van der Waals surface area contributed by atoms with Gasteiger partial charge in [0.2, 0.25) is 0 Å². The minimum Gasteiger partial charge on any atom is -0.341 e. The van der Waals surface area contributed by atoms with Gasteiger partial charge in [-0.15, -0.1) is 0 Å². The molecule has 0 radical (unpaired) electrons. The molecule has 47 heavy (non-hydrogen) atoms. The van der Waals surface area contributed by atoms with Crippen molar-refractivity contribution in [2.45, 2.75) is 44.0 Å². The Morgan fingerprint density at radius 2 is 1.06 bits per heavy atom. The number of carbonyl (C=O) groups excluding carboxylic acids is 2. The first kappa shape index (κ1) is 31.8. The lowest BCUT2D eigenvalue weighted by molar-refractivity contribution is 0.103. The minimum absolute atomic E-state index is 0.0625. The molecule has 7 rings (SSSR count). The molecule has 0 atom stereocenters. The molecule has 3 nitrogen and oxygen atoms in total. The quantitative estimate of drug-likeness (QED) is 0.164. The Bertz CT molecular complexity index is 2190. The molecule has 4 heteroatoms. The summed E-state index contributed by atoms with van der Waals surface area (Å²) in [5, 5.41) is 2.37. The van der Waals surface area contributed by atoms with Crippen molar-refractivity contribution in [2.75, 3.05) is 0 Å². The van der Waals surface area contributed by atoms with Gasteiger partial charge in [0.05, 0.1) is 0 Å². The molecule has 0 aliphatic carbocycles. The Morgan fingerprint density at radius 1 is 0.532 bits per heavy atom. The van der Waals surface area contributed by atoms with E-state index in [-0.39, 0.29) is 11.6 Å². The molecular weight excluding hydrogens is 595 g/mol. The normalized spacial score (nSPS) is 10.9. The van der Waals surface area contributed by atoms with Crippen LogP contribution in [0, 0.1) is 20.8 Å². The zero-order valence-corrected chi connectivity index (χ0v) is 28.0. The average molecular weight is 632 g/mol. The standard InChI is InChI=1S/C23H21NO.C20H16OS/c1-4-24-21-11-9-15(2)13-19(21)20-14-17(10-12-22(20)24)23(25)18-8-6-5-7-16(18)3;1-15-7-11-18(12-8-15)22-19-13-9-17(10-14-19)20(21)16-5-3-2-4-6-16/h5-14H,4H2,1-3H3;2-14H,1H3. The molecule has 0 saturated heterocycles. The number of aromatic nitrogens is 1.